The molecular weight excluding hydrogens is 531 g/mol. The highest BCUT2D eigenvalue weighted by Gasteiger charge is 2.30. The van der Waals surface area contributed by atoms with Crippen molar-refractivity contribution in [2.45, 2.75) is 56.9 Å². The number of hydrogen-bond donors (Lipinski definition) is 1. The van der Waals surface area contributed by atoms with E-state index in [0.29, 0.717) is 10.8 Å². The maximum Gasteiger partial charge on any atom is 0.416 e. The Labute approximate surface area is 230 Å². The Morgan fingerprint density at radius 1 is 1.03 bits per heavy atom. The first-order valence-corrected chi connectivity index (χ1v) is 14.0. The number of esters is 1. The maximum absolute atomic E-state index is 13.0. The van der Waals surface area contributed by atoms with E-state index in [9.17, 15) is 22.8 Å². The summed E-state index contributed by atoms with van der Waals surface area (Å²) in [6, 6.07) is 13.2. The number of carbonyl (C=O) groups excluding carboxylic acids is 2. The molecule has 1 heterocycles. The molecule has 0 saturated heterocycles. The predicted molar refractivity (Wildman–Crippen MR) is 148 cm³/mol. The standard InChI is InChI=1S/C29H32F3NO3S2/c1-17(2)14-25(23-10-11-24(38-23)28(35)33-13-12-26(34)36-5)37-22-15-18(3)27(19(4)16-22)20-6-8-21(9-7-20)29(30,31)32/h6-11,15-17,25H,12-14H2,1-5H3,(H,33,35)/t25-/m1/s1. The van der Waals surface area contributed by atoms with Gasteiger partial charge in [-0.05, 0) is 84.8 Å². The highest BCUT2D eigenvalue weighted by Crippen LogP contribution is 2.44. The second-order valence-corrected chi connectivity index (χ2v) is 11.9. The summed E-state index contributed by atoms with van der Waals surface area (Å²) in [5.74, 6) is -0.160. The first-order chi connectivity index (χ1) is 17.9. The van der Waals surface area contributed by atoms with Crippen molar-refractivity contribution in [3.63, 3.8) is 0 Å². The molecule has 1 aromatic heterocycles. The van der Waals surface area contributed by atoms with Gasteiger partial charge in [-0.25, -0.2) is 0 Å². The van der Waals surface area contributed by atoms with Crippen LogP contribution in [-0.2, 0) is 15.7 Å². The van der Waals surface area contributed by atoms with Gasteiger partial charge in [-0.15, -0.1) is 23.1 Å². The highest BCUT2D eigenvalue weighted by molar-refractivity contribution is 7.99. The van der Waals surface area contributed by atoms with Gasteiger partial charge < -0.3 is 10.1 Å². The van der Waals surface area contributed by atoms with Gasteiger partial charge in [0.2, 0.25) is 0 Å². The summed E-state index contributed by atoms with van der Waals surface area (Å²) in [6.07, 6.45) is -3.33. The fourth-order valence-electron chi connectivity index (χ4n) is 4.20. The smallest absolute Gasteiger partial charge is 0.416 e. The number of benzene rings is 2. The lowest BCUT2D eigenvalue weighted by atomic mass is 9.95. The Bertz CT molecular complexity index is 1240. The third kappa shape index (κ3) is 7.86. The van der Waals surface area contributed by atoms with Gasteiger partial charge in [0, 0.05) is 21.6 Å². The molecule has 3 rings (SSSR count). The topological polar surface area (TPSA) is 55.4 Å². The quantitative estimate of drug-likeness (QED) is 0.199. The molecule has 0 unspecified atom stereocenters. The molecule has 0 fully saturated rings. The molecule has 0 bridgehead atoms. The van der Waals surface area contributed by atoms with Crippen LogP contribution in [0.4, 0.5) is 13.2 Å². The van der Waals surface area contributed by atoms with Crippen molar-refractivity contribution < 1.29 is 27.5 Å². The average molecular weight is 564 g/mol. The third-order valence-corrected chi connectivity index (χ3v) is 8.57. The Morgan fingerprint density at radius 3 is 2.21 bits per heavy atom. The van der Waals surface area contributed by atoms with E-state index in [1.165, 1.54) is 30.6 Å². The Morgan fingerprint density at radius 2 is 1.66 bits per heavy atom. The number of nitrogens with one attached hydrogen (secondary N) is 1. The van der Waals surface area contributed by atoms with Gasteiger partial charge in [0.15, 0.2) is 0 Å². The van der Waals surface area contributed by atoms with Gasteiger partial charge in [0.1, 0.15) is 0 Å². The molecule has 0 saturated carbocycles. The Kier molecular flexibility index (Phi) is 10.1. The summed E-state index contributed by atoms with van der Waals surface area (Å²) in [5.41, 5.74) is 3.02. The number of rotatable bonds is 10. The number of methoxy groups -OCH3 is 1. The zero-order valence-corrected chi connectivity index (χ0v) is 23.7. The molecule has 0 aliphatic heterocycles. The minimum atomic E-state index is -4.36. The number of carbonyl (C=O) groups is 2. The van der Waals surface area contributed by atoms with Crippen LogP contribution in [0.2, 0.25) is 0 Å². The fraction of sp³-hybridized carbons (Fsp3) is 0.379. The molecule has 9 heteroatoms. The number of ether oxygens (including phenoxy) is 1. The Balaban J connectivity index is 1.79. The van der Waals surface area contributed by atoms with E-state index in [-0.39, 0.29) is 30.1 Å². The van der Waals surface area contributed by atoms with E-state index in [2.05, 4.69) is 36.0 Å². The molecule has 4 nitrogen and oxygen atoms in total. The van der Waals surface area contributed by atoms with Crippen molar-refractivity contribution in [3.8, 4) is 11.1 Å². The molecule has 1 atom stereocenters. The van der Waals surface area contributed by atoms with Crippen LogP contribution in [0.3, 0.4) is 0 Å². The number of alkyl halides is 3. The number of hydrogen-bond acceptors (Lipinski definition) is 5. The minimum absolute atomic E-state index is 0.119. The van der Waals surface area contributed by atoms with Crippen LogP contribution in [0.25, 0.3) is 11.1 Å². The van der Waals surface area contributed by atoms with Crippen molar-refractivity contribution in [1.29, 1.82) is 0 Å². The monoisotopic (exact) mass is 563 g/mol. The first-order valence-electron chi connectivity index (χ1n) is 12.3. The van der Waals surface area contributed by atoms with E-state index >= 15 is 0 Å². The molecule has 0 aliphatic rings. The van der Waals surface area contributed by atoms with E-state index in [4.69, 9.17) is 0 Å². The van der Waals surface area contributed by atoms with Crippen LogP contribution in [-0.4, -0.2) is 25.5 Å². The number of amides is 1. The van der Waals surface area contributed by atoms with E-state index in [1.807, 2.05) is 26.0 Å². The van der Waals surface area contributed by atoms with E-state index in [0.717, 1.165) is 50.6 Å². The van der Waals surface area contributed by atoms with Gasteiger partial charge in [0.05, 0.1) is 24.0 Å². The van der Waals surface area contributed by atoms with E-state index < -0.39 is 11.7 Å². The second-order valence-electron chi connectivity index (χ2n) is 9.53. The van der Waals surface area contributed by atoms with Crippen molar-refractivity contribution in [2.24, 2.45) is 5.92 Å². The molecule has 0 aliphatic carbocycles. The summed E-state index contributed by atoms with van der Waals surface area (Å²) < 4.78 is 43.6. The number of halogens is 3. The predicted octanol–water partition coefficient (Wildman–Crippen LogP) is 8.22. The van der Waals surface area contributed by atoms with Crippen LogP contribution >= 0.6 is 23.1 Å². The van der Waals surface area contributed by atoms with Crippen molar-refractivity contribution in [3.05, 3.63) is 75.0 Å². The van der Waals surface area contributed by atoms with Crippen molar-refractivity contribution in [2.75, 3.05) is 13.7 Å². The van der Waals surface area contributed by atoms with Crippen LogP contribution in [0.5, 0.6) is 0 Å². The van der Waals surface area contributed by atoms with Crippen LogP contribution < -0.4 is 5.32 Å². The Hall–Kier alpha value is -2.78. The minimum Gasteiger partial charge on any atom is -0.469 e. The highest BCUT2D eigenvalue weighted by atomic mass is 32.2. The molecule has 3 aromatic rings. The molecule has 0 radical (unpaired) electrons. The normalized spacial score (nSPS) is 12.4. The lowest BCUT2D eigenvalue weighted by molar-refractivity contribution is -0.140. The lowest BCUT2D eigenvalue weighted by Crippen LogP contribution is -2.25. The molecule has 38 heavy (non-hydrogen) atoms. The van der Waals surface area contributed by atoms with Gasteiger partial charge >= 0.3 is 12.1 Å². The molecule has 2 aromatic carbocycles. The summed E-state index contributed by atoms with van der Waals surface area (Å²) in [6.45, 7) is 8.48. The average Bonchev–Trinajstić information content (AvgIpc) is 3.33. The second kappa shape index (κ2) is 12.8. The van der Waals surface area contributed by atoms with Gasteiger partial charge in [-0.3, -0.25) is 9.59 Å². The summed E-state index contributed by atoms with van der Waals surface area (Å²) in [7, 11) is 1.31. The number of aryl methyl sites for hydroxylation is 2. The third-order valence-electron chi connectivity index (χ3n) is 5.98. The largest absolute Gasteiger partial charge is 0.469 e. The zero-order chi connectivity index (χ0) is 28.0. The molecule has 204 valence electrons. The fourth-order valence-corrected chi connectivity index (χ4v) is 6.90. The first kappa shape index (κ1) is 29.8. The van der Waals surface area contributed by atoms with Gasteiger partial charge in [-0.1, -0.05) is 26.0 Å². The van der Waals surface area contributed by atoms with Crippen molar-refractivity contribution >= 4 is 35.0 Å². The number of thiophene rings is 1. The molecule has 1 amide bonds. The lowest BCUT2D eigenvalue weighted by Gasteiger charge is -2.19. The summed E-state index contributed by atoms with van der Waals surface area (Å²) in [4.78, 5) is 26.6. The molecular formula is C29H32F3NO3S2. The zero-order valence-electron chi connectivity index (χ0n) is 22.1. The molecule has 1 N–H and O–H groups in total. The SMILES string of the molecule is COC(=O)CCNC(=O)c1ccc([C@@H](CC(C)C)Sc2cc(C)c(-c3ccc(C(F)(F)F)cc3)c(C)c2)s1. The van der Waals surface area contributed by atoms with Crippen LogP contribution in [0.1, 0.15) is 63.2 Å². The summed E-state index contributed by atoms with van der Waals surface area (Å²) in [5, 5.41) is 2.89. The van der Waals surface area contributed by atoms with E-state index in [1.54, 1.807) is 11.8 Å². The molecule has 0 spiro atoms. The summed E-state index contributed by atoms with van der Waals surface area (Å²) >= 11 is 3.17. The maximum atomic E-state index is 13.0. The van der Waals surface area contributed by atoms with Gasteiger partial charge in [-0.2, -0.15) is 13.2 Å². The number of thioether (sulfide) groups is 1. The van der Waals surface area contributed by atoms with Crippen molar-refractivity contribution in [1.82, 2.24) is 5.32 Å². The van der Waals surface area contributed by atoms with Gasteiger partial charge in [0.25, 0.3) is 5.91 Å². The van der Waals surface area contributed by atoms with Crippen LogP contribution in [0.15, 0.2) is 53.4 Å². The van der Waals surface area contributed by atoms with Crippen LogP contribution in [0, 0.1) is 19.8 Å².